The molecule has 1 heterocycles. The highest BCUT2D eigenvalue weighted by Crippen LogP contribution is 2.70. The summed E-state index contributed by atoms with van der Waals surface area (Å²) in [5.41, 5.74) is 2.33. The lowest BCUT2D eigenvalue weighted by molar-refractivity contribution is -0.163. The maximum absolute atomic E-state index is 12.8. The lowest BCUT2D eigenvalue weighted by Gasteiger charge is -2.64. The number of carboxylic acids is 1. The molecule has 1 saturated carbocycles. The van der Waals surface area contributed by atoms with Gasteiger partial charge < -0.3 is 15.2 Å². The summed E-state index contributed by atoms with van der Waals surface area (Å²) in [7, 11) is 1.67. The second-order valence-electron chi connectivity index (χ2n) is 8.54. The molecule has 0 amide bonds. The van der Waals surface area contributed by atoms with Crippen LogP contribution in [0.15, 0.2) is 48.5 Å². The molecule has 3 aliphatic carbocycles. The van der Waals surface area contributed by atoms with Gasteiger partial charge in [-0.3, -0.25) is 4.79 Å². The molecule has 0 aromatic heterocycles. The molecule has 2 N–H and O–H groups in total. The fourth-order valence-corrected chi connectivity index (χ4v) is 6.63. The first kappa shape index (κ1) is 19.3. The van der Waals surface area contributed by atoms with E-state index in [0.717, 1.165) is 25.1 Å². The average molecular weight is 400 g/mol. The van der Waals surface area contributed by atoms with Gasteiger partial charge in [0, 0.05) is 29.8 Å². The minimum absolute atomic E-state index is 0. The fourth-order valence-electron chi connectivity index (χ4n) is 6.63. The normalized spacial score (nSPS) is 34.9. The van der Waals surface area contributed by atoms with Crippen LogP contribution in [0.25, 0.3) is 0 Å². The predicted molar refractivity (Wildman–Crippen MR) is 110 cm³/mol. The molecule has 2 bridgehead atoms. The van der Waals surface area contributed by atoms with Gasteiger partial charge >= 0.3 is 5.97 Å². The number of nitrogens with one attached hydrogen (secondary N) is 1. The summed E-state index contributed by atoms with van der Waals surface area (Å²) in [5.74, 6) is 0.200. The van der Waals surface area contributed by atoms with Crippen molar-refractivity contribution in [3.8, 4) is 5.75 Å². The molecular formula is C23H26ClNO3. The van der Waals surface area contributed by atoms with E-state index in [1.165, 1.54) is 16.7 Å². The van der Waals surface area contributed by atoms with Crippen LogP contribution in [-0.2, 0) is 15.6 Å². The first-order chi connectivity index (χ1) is 13.0. The van der Waals surface area contributed by atoms with E-state index in [2.05, 4.69) is 48.6 Å². The van der Waals surface area contributed by atoms with Gasteiger partial charge in [0.1, 0.15) is 5.75 Å². The summed E-state index contributed by atoms with van der Waals surface area (Å²) in [6, 6.07) is 16.8. The number of hydrogen-bond acceptors (Lipinski definition) is 3. The number of aliphatic carboxylic acids is 1. The number of halogens is 1. The molecule has 148 valence electrons. The Labute approximate surface area is 171 Å². The summed E-state index contributed by atoms with van der Waals surface area (Å²) in [6.07, 6.45) is 1.87. The maximum Gasteiger partial charge on any atom is 0.312 e. The summed E-state index contributed by atoms with van der Waals surface area (Å²) in [4.78, 5) is 12.8. The SMILES string of the molecule is COc1ccc(C23CCC(C)(c4ccccc42)C2(C(=O)O)CNCC32)cc1.Cl. The topological polar surface area (TPSA) is 58.6 Å². The lowest BCUT2D eigenvalue weighted by Crippen LogP contribution is -2.67. The zero-order valence-electron chi connectivity index (χ0n) is 16.2. The molecule has 1 saturated heterocycles. The minimum atomic E-state index is -0.778. The first-order valence-electron chi connectivity index (χ1n) is 9.69. The second kappa shape index (κ2) is 6.23. The van der Waals surface area contributed by atoms with Crippen molar-refractivity contribution in [2.24, 2.45) is 11.3 Å². The van der Waals surface area contributed by atoms with Crippen LogP contribution < -0.4 is 10.1 Å². The number of carbonyl (C=O) groups is 1. The molecular weight excluding hydrogens is 374 g/mol. The Morgan fingerprint density at radius 3 is 2.43 bits per heavy atom. The van der Waals surface area contributed by atoms with Crippen molar-refractivity contribution in [2.75, 3.05) is 20.2 Å². The third-order valence-electron chi connectivity index (χ3n) is 7.93. The number of methoxy groups -OCH3 is 1. The quantitative estimate of drug-likeness (QED) is 0.825. The number of rotatable bonds is 3. The molecule has 5 heteroatoms. The molecule has 4 nitrogen and oxygen atoms in total. The van der Waals surface area contributed by atoms with E-state index in [0.29, 0.717) is 6.54 Å². The van der Waals surface area contributed by atoms with Crippen molar-refractivity contribution < 1.29 is 14.6 Å². The molecule has 28 heavy (non-hydrogen) atoms. The van der Waals surface area contributed by atoms with Gasteiger partial charge in [0.25, 0.3) is 0 Å². The van der Waals surface area contributed by atoms with Gasteiger partial charge in [-0.1, -0.05) is 43.3 Å². The van der Waals surface area contributed by atoms with Gasteiger partial charge in [0.15, 0.2) is 0 Å². The van der Waals surface area contributed by atoms with Crippen LogP contribution in [0.2, 0.25) is 0 Å². The van der Waals surface area contributed by atoms with Gasteiger partial charge in [-0.2, -0.15) is 0 Å². The molecule has 6 rings (SSSR count). The van der Waals surface area contributed by atoms with E-state index in [9.17, 15) is 9.90 Å². The number of ether oxygens (including phenoxy) is 1. The highest BCUT2D eigenvalue weighted by molar-refractivity contribution is 5.85. The van der Waals surface area contributed by atoms with Gasteiger partial charge in [-0.15, -0.1) is 12.4 Å². The van der Waals surface area contributed by atoms with E-state index < -0.39 is 11.4 Å². The Morgan fingerprint density at radius 1 is 1.11 bits per heavy atom. The maximum atomic E-state index is 12.8. The van der Waals surface area contributed by atoms with E-state index in [1.807, 2.05) is 12.1 Å². The molecule has 2 aromatic rings. The average Bonchev–Trinajstić information content (AvgIpc) is 3.18. The number of fused-ring (bicyclic) bond motifs is 1. The van der Waals surface area contributed by atoms with Crippen molar-refractivity contribution in [3.63, 3.8) is 0 Å². The zero-order valence-corrected chi connectivity index (χ0v) is 17.0. The minimum Gasteiger partial charge on any atom is -0.497 e. The van der Waals surface area contributed by atoms with E-state index >= 15 is 0 Å². The van der Waals surface area contributed by atoms with Crippen molar-refractivity contribution in [2.45, 2.75) is 30.6 Å². The zero-order chi connectivity index (χ0) is 18.9. The number of benzene rings is 2. The summed E-state index contributed by atoms with van der Waals surface area (Å²) >= 11 is 0. The predicted octanol–water partition coefficient (Wildman–Crippen LogP) is 3.76. The Bertz CT molecular complexity index is 930. The largest absolute Gasteiger partial charge is 0.497 e. The molecule has 4 unspecified atom stereocenters. The molecule has 0 radical (unpaired) electrons. The molecule has 1 aliphatic heterocycles. The van der Waals surface area contributed by atoms with E-state index in [4.69, 9.17) is 4.74 Å². The van der Waals surface area contributed by atoms with Crippen molar-refractivity contribution in [3.05, 3.63) is 65.2 Å². The number of carboxylic acid groups (broad SMARTS) is 1. The third kappa shape index (κ3) is 1.98. The van der Waals surface area contributed by atoms with Crippen molar-refractivity contribution in [1.29, 1.82) is 0 Å². The molecule has 0 spiro atoms. The van der Waals surface area contributed by atoms with Crippen LogP contribution in [-0.4, -0.2) is 31.3 Å². The Balaban J connectivity index is 0.00000192. The molecule has 4 aliphatic rings. The van der Waals surface area contributed by atoms with Crippen LogP contribution in [0.3, 0.4) is 0 Å². The molecule has 2 aromatic carbocycles. The lowest BCUT2D eigenvalue weighted by atomic mass is 9.37. The van der Waals surface area contributed by atoms with Crippen LogP contribution in [0.4, 0.5) is 0 Å². The highest BCUT2D eigenvalue weighted by atomic mass is 35.5. The van der Waals surface area contributed by atoms with E-state index in [-0.39, 0.29) is 29.2 Å². The Hall–Kier alpha value is -2.04. The van der Waals surface area contributed by atoms with Gasteiger partial charge in [-0.05, 0) is 41.7 Å². The molecule has 4 atom stereocenters. The van der Waals surface area contributed by atoms with Crippen molar-refractivity contribution in [1.82, 2.24) is 5.32 Å². The summed E-state index contributed by atoms with van der Waals surface area (Å²) in [5, 5.41) is 14.0. The molecule has 2 fully saturated rings. The summed E-state index contributed by atoms with van der Waals surface area (Å²) in [6.45, 7) is 3.45. The van der Waals surface area contributed by atoms with E-state index in [1.54, 1.807) is 7.11 Å². The van der Waals surface area contributed by atoms with Gasteiger partial charge in [0.05, 0.1) is 12.5 Å². The van der Waals surface area contributed by atoms with Crippen LogP contribution in [0, 0.1) is 11.3 Å². The van der Waals surface area contributed by atoms with Gasteiger partial charge in [0.2, 0.25) is 0 Å². The van der Waals surface area contributed by atoms with Crippen molar-refractivity contribution >= 4 is 18.4 Å². The highest BCUT2D eigenvalue weighted by Gasteiger charge is 2.73. The Morgan fingerprint density at radius 2 is 1.79 bits per heavy atom. The third-order valence-corrected chi connectivity index (χ3v) is 7.93. The first-order valence-corrected chi connectivity index (χ1v) is 9.69. The second-order valence-corrected chi connectivity index (χ2v) is 8.54. The summed E-state index contributed by atoms with van der Waals surface area (Å²) < 4.78 is 5.36. The van der Waals surface area contributed by atoms with Gasteiger partial charge in [-0.25, -0.2) is 0 Å². The monoisotopic (exact) mass is 399 g/mol. The van der Waals surface area contributed by atoms with Crippen LogP contribution >= 0.6 is 12.4 Å². The smallest absolute Gasteiger partial charge is 0.312 e. The van der Waals surface area contributed by atoms with Crippen LogP contribution in [0.5, 0.6) is 5.75 Å². The Kier molecular flexibility index (Phi) is 4.29. The standard InChI is InChI=1S/C23H25NO3.ClH/c1-21-11-12-22(18-6-4-3-5-17(18)21,15-7-9-16(27-2)10-8-15)19-13-24-14-23(19,21)20(25)26;/h3-10,19,24H,11-14H2,1-2H3,(H,25,26);1H. The van der Waals surface area contributed by atoms with Crippen LogP contribution in [0.1, 0.15) is 36.5 Å². The number of hydrogen-bond donors (Lipinski definition) is 2. The fraction of sp³-hybridized carbons (Fsp3) is 0.435.